The summed E-state index contributed by atoms with van der Waals surface area (Å²) in [6.45, 7) is 3.27. The number of carbonyl (C=O) groups is 1. The van der Waals surface area contributed by atoms with Crippen LogP contribution in [0, 0.1) is 5.82 Å². The van der Waals surface area contributed by atoms with Gasteiger partial charge in [-0.15, -0.1) is 5.10 Å². The van der Waals surface area contributed by atoms with Gasteiger partial charge in [0.1, 0.15) is 11.5 Å². The lowest BCUT2D eigenvalue weighted by Gasteiger charge is -2.34. The highest BCUT2D eigenvalue weighted by Gasteiger charge is 2.29. The Kier molecular flexibility index (Phi) is 5.30. The Morgan fingerprint density at radius 2 is 2.20 bits per heavy atom. The first-order chi connectivity index (χ1) is 14.7. The molecule has 0 spiro atoms. The highest BCUT2D eigenvalue weighted by molar-refractivity contribution is 7.03. The summed E-state index contributed by atoms with van der Waals surface area (Å²) in [5, 5.41) is 13.6. The van der Waals surface area contributed by atoms with Crippen LogP contribution in [0.15, 0.2) is 29.6 Å². The Hall–Kier alpha value is -2.65. The van der Waals surface area contributed by atoms with Crippen molar-refractivity contribution in [3.63, 3.8) is 0 Å². The Morgan fingerprint density at radius 3 is 3.03 bits per heavy atom. The van der Waals surface area contributed by atoms with Gasteiger partial charge in [0.15, 0.2) is 0 Å². The standard InChI is InChI=1S/C21H23FN6OS/c22-17-6-2-1-5-15(17)21-16-11-28(9-7-18(16)23-25-21)20(29)12-27-8-3-4-14(10-27)19-13-30-26-24-19/h1-2,5-6,13-14H,3-4,7-12H2,(H,23,25)/t14-/m0/s1. The number of nitrogens with one attached hydrogen (secondary N) is 1. The molecule has 1 N–H and O–H groups in total. The van der Waals surface area contributed by atoms with Crippen LogP contribution in [-0.2, 0) is 17.8 Å². The summed E-state index contributed by atoms with van der Waals surface area (Å²) >= 11 is 1.38. The number of carbonyl (C=O) groups excluding carboxylic acids is 1. The number of H-pyrrole nitrogens is 1. The molecule has 9 heteroatoms. The molecule has 4 heterocycles. The molecule has 0 aliphatic carbocycles. The summed E-state index contributed by atoms with van der Waals surface area (Å²) in [4.78, 5) is 17.2. The first kappa shape index (κ1) is 19.3. The highest BCUT2D eigenvalue weighted by atomic mass is 32.1. The number of aromatic amines is 1. The van der Waals surface area contributed by atoms with Gasteiger partial charge in [-0.3, -0.25) is 14.8 Å². The van der Waals surface area contributed by atoms with Crippen LogP contribution in [0.3, 0.4) is 0 Å². The van der Waals surface area contributed by atoms with E-state index in [-0.39, 0.29) is 11.7 Å². The molecule has 1 atom stereocenters. The normalized spacial score (nSPS) is 19.6. The number of benzene rings is 1. The van der Waals surface area contributed by atoms with Crippen molar-refractivity contribution < 1.29 is 9.18 Å². The van der Waals surface area contributed by atoms with Gasteiger partial charge in [0.25, 0.3) is 0 Å². The molecule has 156 valence electrons. The van der Waals surface area contributed by atoms with Gasteiger partial charge >= 0.3 is 0 Å². The molecule has 1 amide bonds. The van der Waals surface area contributed by atoms with E-state index in [1.54, 1.807) is 18.2 Å². The second-order valence-corrected chi connectivity index (χ2v) is 8.59. The average molecular weight is 427 g/mol. The highest BCUT2D eigenvalue weighted by Crippen LogP contribution is 2.30. The molecule has 2 aromatic heterocycles. The van der Waals surface area contributed by atoms with Crippen molar-refractivity contribution in [2.45, 2.75) is 31.7 Å². The molecule has 2 aliphatic rings. The van der Waals surface area contributed by atoms with E-state index in [0.717, 1.165) is 42.9 Å². The maximum Gasteiger partial charge on any atom is 0.237 e. The van der Waals surface area contributed by atoms with Gasteiger partial charge in [0, 0.05) is 54.2 Å². The van der Waals surface area contributed by atoms with E-state index in [9.17, 15) is 9.18 Å². The van der Waals surface area contributed by atoms with E-state index in [1.165, 1.54) is 17.6 Å². The number of amides is 1. The number of aromatic nitrogens is 4. The zero-order chi connectivity index (χ0) is 20.5. The number of halogens is 1. The summed E-state index contributed by atoms with van der Waals surface area (Å²) in [5.41, 5.74) is 4.03. The van der Waals surface area contributed by atoms with E-state index < -0.39 is 0 Å². The first-order valence-electron chi connectivity index (χ1n) is 10.3. The molecular weight excluding hydrogens is 403 g/mol. The van der Waals surface area contributed by atoms with Crippen molar-refractivity contribution in [2.24, 2.45) is 0 Å². The fraction of sp³-hybridized carbons (Fsp3) is 0.429. The van der Waals surface area contributed by atoms with E-state index in [1.807, 2.05) is 10.3 Å². The van der Waals surface area contributed by atoms with E-state index in [0.29, 0.717) is 43.2 Å². The molecule has 3 aromatic rings. The number of nitrogens with zero attached hydrogens (tertiary/aromatic N) is 5. The fourth-order valence-corrected chi connectivity index (χ4v) is 5.00. The molecule has 30 heavy (non-hydrogen) atoms. The number of likely N-dealkylation sites (tertiary alicyclic amines) is 1. The molecule has 0 saturated carbocycles. The summed E-state index contributed by atoms with van der Waals surface area (Å²) in [6.07, 6.45) is 2.85. The number of piperidine rings is 1. The van der Waals surface area contributed by atoms with E-state index in [2.05, 4.69) is 24.7 Å². The maximum absolute atomic E-state index is 14.3. The maximum atomic E-state index is 14.3. The summed E-state index contributed by atoms with van der Waals surface area (Å²) < 4.78 is 18.3. The predicted octanol–water partition coefficient (Wildman–Crippen LogP) is 2.83. The largest absolute Gasteiger partial charge is 0.337 e. The Labute approximate surface area is 178 Å². The van der Waals surface area contributed by atoms with Gasteiger partial charge in [-0.25, -0.2) is 4.39 Å². The lowest BCUT2D eigenvalue weighted by molar-refractivity contribution is -0.133. The van der Waals surface area contributed by atoms with Crippen molar-refractivity contribution in [1.82, 2.24) is 29.6 Å². The Morgan fingerprint density at radius 1 is 1.30 bits per heavy atom. The summed E-state index contributed by atoms with van der Waals surface area (Å²) in [6, 6.07) is 6.64. The van der Waals surface area contributed by atoms with Crippen LogP contribution >= 0.6 is 11.5 Å². The van der Waals surface area contributed by atoms with Gasteiger partial charge in [-0.05, 0) is 43.1 Å². The third-order valence-corrected chi connectivity index (χ3v) is 6.60. The van der Waals surface area contributed by atoms with Crippen LogP contribution in [-0.4, -0.2) is 61.7 Å². The molecule has 0 unspecified atom stereocenters. The monoisotopic (exact) mass is 426 g/mol. The van der Waals surface area contributed by atoms with Gasteiger partial charge in [0.05, 0.1) is 12.2 Å². The van der Waals surface area contributed by atoms with Crippen molar-refractivity contribution in [1.29, 1.82) is 0 Å². The second-order valence-electron chi connectivity index (χ2n) is 7.98. The minimum Gasteiger partial charge on any atom is -0.337 e. The predicted molar refractivity (Wildman–Crippen MR) is 111 cm³/mol. The van der Waals surface area contributed by atoms with Crippen molar-refractivity contribution in [2.75, 3.05) is 26.2 Å². The summed E-state index contributed by atoms with van der Waals surface area (Å²) in [5.74, 6) is 0.157. The number of rotatable bonds is 4. The van der Waals surface area contributed by atoms with Gasteiger partial charge in [-0.1, -0.05) is 16.6 Å². The molecule has 2 aliphatic heterocycles. The third kappa shape index (κ3) is 3.75. The van der Waals surface area contributed by atoms with Crippen LogP contribution in [0.5, 0.6) is 0 Å². The lowest BCUT2D eigenvalue weighted by Crippen LogP contribution is -2.45. The zero-order valence-electron chi connectivity index (χ0n) is 16.6. The molecule has 1 saturated heterocycles. The first-order valence-corrected chi connectivity index (χ1v) is 11.1. The quantitative estimate of drug-likeness (QED) is 0.694. The van der Waals surface area contributed by atoms with Crippen LogP contribution in [0.25, 0.3) is 11.3 Å². The minimum atomic E-state index is -0.300. The van der Waals surface area contributed by atoms with Crippen LogP contribution in [0.4, 0.5) is 4.39 Å². The molecular formula is C21H23FN6OS. The number of hydrogen-bond acceptors (Lipinski definition) is 6. The lowest BCUT2D eigenvalue weighted by atomic mass is 9.95. The molecule has 0 bridgehead atoms. The topological polar surface area (TPSA) is 78.0 Å². The average Bonchev–Trinajstić information content (AvgIpc) is 3.44. The minimum absolute atomic E-state index is 0.110. The van der Waals surface area contributed by atoms with Crippen molar-refractivity contribution in [3.8, 4) is 11.3 Å². The Balaban J connectivity index is 1.28. The van der Waals surface area contributed by atoms with Gasteiger partial charge < -0.3 is 4.90 Å². The van der Waals surface area contributed by atoms with Crippen molar-refractivity contribution >= 4 is 17.4 Å². The number of fused-ring (bicyclic) bond motifs is 1. The van der Waals surface area contributed by atoms with Crippen molar-refractivity contribution in [3.05, 3.63) is 52.4 Å². The van der Waals surface area contributed by atoms with Gasteiger partial charge in [-0.2, -0.15) is 5.10 Å². The SMILES string of the molecule is O=C(CN1CCC[C@H](c2csnn2)C1)N1CCc2[nH]nc(-c3ccccc3F)c2C1. The fourth-order valence-electron chi connectivity index (χ4n) is 4.47. The van der Waals surface area contributed by atoms with Crippen LogP contribution in [0.2, 0.25) is 0 Å². The molecule has 7 nitrogen and oxygen atoms in total. The van der Waals surface area contributed by atoms with E-state index in [4.69, 9.17) is 0 Å². The third-order valence-electron chi connectivity index (χ3n) is 6.07. The van der Waals surface area contributed by atoms with Gasteiger partial charge in [0.2, 0.25) is 5.91 Å². The smallest absolute Gasteiger partial charge is 0.237 e. The molecule has 5 rings (SSSR count). The molecule has 1 fully saturated rings. The Bertz CT molecular complexity index is 1040. The molecule has 0 radical (unpaired) electrons. The van der Waals surface area contributed by atoms with E-state index >= 15 is 0 Å². The summed E-state index contributed by atoms with van der Waals surface area (Å²) in [7, 11) is 0. The van der Waals surface area contributed by atoms with Crippen LogP contribution in [0.1, 0.15) is 35.7 Å². The van der Waals surface area contributed by atoms with Crippen LogP contribution < -0.4 is 0 Å². The molecule has 1 aromatic carbocycles. The zero-order valence-corrected chi connectivity index (χ0v) is 17.4. The number of hydrogen-bond donors (Lipinski definition) is 1. The second kappa shape index (κ2) is 8.23.